The van der Waals surface area contributed by atoms with Gasteiger partial charge in [0.15, 0.2) is 5.69 Å². The first kappa shape index (κ1) is 24.7. The molecule has 2 amide bonds. The lowest BCUT2D eigenvalue weighted by Gasteiger charge is -2.33. The molecule has 2 saturated heterocycles. The van der Waals surface area contributed by atoms with E-state index in [9.17, 15) is 19.1 Å². The number of piperidine rings is 1. The van der Waals surface area contributed by atoms with Gasteiger partial charge in [-0.15, -0.1) is 0 Å². The van der Waals surface area contributed by atoms with Crippen molar-refractivity contribution in [2.75, 3.05) is 37.6 Å². The maximum Gasteiger partial charge on any atom is 0.407 e. The Balaban J connectivity index is 1.47. The first-order valence-corrected chi connectivity index (χ1v) is 11.9. The van der Waals surface area contributed by atoms with Crippen LogP contribution in [0.5, 0.6) is 0 Å². The van der Waals surface area contributed by atoms with E-state index in [0.717, 1.165) is 0 Å². The Bertz CT molecular complexity index is 1130. The Morgan fingerprint density at radius 2 is 2.00 bits per heavy atom. The molecule has 4 rings (SSSR count). The van der Waals surface area contributed by atoms with Gasteiger partial charge in [0.05, 0.1) is 23.5 Å². The second kappa shape index (κ2) is 10.4. The summed E-state index contributed by atoms with van der Waals surface area (Å²) in [7, 11) is 0. The third kappa shape index (κ3) is 5.15. The van der Waals surface area contributed by atoms with Gasteiger partial charge in [0.1, 0.15) is 17.7 Å². The number of likely N-dealkylation sites (N-methyl/N-ethyl adjacent to an activating group) is 1. The van der Waals surface area contributed by atoms with Gasteiger partial charge in [-0.25, -0.2) is 19.2 Å². The number of benzene rings is 1. The summed E-state index contributed by atoms with van der Waals surface area (Å²) in [6.07, 6.45) is 3.17. The average molecular weight is 501 g/mol. The van der Waals surface area contributed by atoms with Crippen LogP contribution in [0.3, 0.4) is 0 Å². The number of amides is 2. The molecular weight excluding hydrogens is 475 g/mol. The minimum atomic E-state index is -1.07. The highest BCUT2D eigenvalue weighted by molar-refractivity contribution is 6.30. The minimum absolute atomic E-state index is 0.000486. The van der Waals surface area contributed by atoms with Crippen LogP contribution in [0.1, 0.15) is 36.9 Å². The summed E-state index contributed by atoms with van der Waals surface area (Å²) in [6, 6.07) is 5.97. The number of carbonyl (C=O) groups excluding carboxylic acids is 1. The number of hydrogen-bond donors (Lipinski definition) is 1. The third-order valence-corrected chi connectivity index (χ3v) is 7.19. The molecule has 0 radical (unpaired) electrons. The molecule has 2 aliphatic rings. The van der Waals surface area contributed by atoms with Crippen molar-refractivity contribution in [3.63, 3.8) is 0 Å². The largest absolute Gasteiger partial charge is 0.465 e. The van der Waals surface area contributed by atoms with Gasteiger partial charge in [-0.1, -0.05) is 17.7 Å². The van der Waals surface area contributed by atoms with E-state index in [0.29, 0.717) is 43.9 Å². The van der Waals surface area contributed by atoms with Crippen LogP contribution in [-0.2, 0) is 4.79 Å². The van der Waals surface area contributed by atoms with E-state index in [4.69, 9.17) is 16.9 Å². The lowest BCUT2D eigenvalue weighted by atomic mass is 9.93. The number of nitrogens with zero attached hydrogens (tertiary/aromatic N) is 6. The molecule has 0 saturated carbocycles. The molecule has 184 valence electrons. The van der Waals surface area contributed by atoms with Crippen molar-refractivity contribution in [3.05, 3.63) is 52.7 Å². The molecule has 0 aliphatic carbocycles. The van der Waals surface area contributed by atoms with Crippen molar-refractivity contribution in [1.29, 1.82) is 5.26 Å². The highest BCUT2D eigenvalue weighted by Crippen LogP contribution is 2.35. The van der Waals surface area contributed by atoms with Crippen LogP contribution < -0.4 is 4.90 Å². The van der Waals surface area contributed by atoms with E-state index in [1.54, 1.807) is 24.1 Å². The molecular formula is C24H26ClFN6O3. The van der Waals surface area contributed by atoms with Crippen LogP contribution in [0.25, 0.3) is 0 Å². The Morgan fingerprint density at radius 1 is 1.26 bits per heavy atom. The molecule has 2 atom stereocenters. The quantitative estimate of drug-likeness (QED) is 0.669. The molecule has 3 heterocycles. The number of carboxylic acid groups (broad SMARTS) is 1. The van der Waals surface area contributed by atoms with Crippen LogP contribution >= 0.6 is 11.6 Å². The zero-order chi connectivity index (χ0) is 25.1. The highest BCUT2D eigenvalue weighted by atomic mass is 35.5. The van der Waals surface area contributed by atoms with Gasteiger partial charge >= 0.3 is 6.09 Å². The lowest BCUT2D eigenvalue weighted by Crippen LogP contribution is -2.45. The van der Waals surface area contributed by atoms with Crippen molar-refractivity contribution < 1.29 is 19.1 Å². The smallest absolute Gasteiger partial charge is 0.407 e. The molecule has 2 aliphatic heterocycles. The molecule has 11 heteroatoms. The topological polar surface area (TPSA) is 114 Å². The number of likely N-dealkylation sites (tertiary alicyclic amines) is 1. The van der Waals surface area contributed by atoms with Gasteiger partial charge in [-0.2, -0.15) is 5.26 Å². The summed E-state index contributed by atoms with van der Waals surface area (Å²) >= 11 is 5.85. The lowest BCUT2D eigenvalue weighted by molar-refractivity contribution is -0.135. The molecule has 2 aromatic rings. The average Bonchev–Trinajstić information content (AvgIpc) is 3.30. The van der Waals surface area contributed by atoms with Crippen molar-refractivity contribution in [3.8, 4) is 6.07 Å². The van der Waals surface area contributed by atoms with Crippen molar-refractivity contribution in [1.82, 2.24) is 19.8 Å². The molecule has 1 aromatic heterocycles. The Hall–Kier alpha value is -3.45. The Labute approximate surface area is 207 Å². The summed E-state index contributed by atoms with van der Waals surface area (Å²) < 4.78 is 14.2. The zero-order valence-corrected chi connectivity index (χ0v) is 20.0. The fraction of sp³-hybridized carbons (Fsp3) is 0.458. The molecule has 1 aromatic carbocycles. The van der Waals surface area contributed by atoms with E-state index in [1.807, 2.05) is 11.0 Å². The monoisotopic (exact) mass is 500 g/mol. The van der Waals surface area contributed by atoms with Crippen molar-refractivity contribution in [2.45, 2.75) is 31.7 Å². The predicted molar refractivity (Wildman–Crippen MR) is 127 cm³/mol. The number of nitriles is 1. The number of halogens is 2. The summed E-state index contributed by atoms with van der Waals surface area (Å²) in [6.45, 7) is 3.83. The number of anilines is 1. The van der Waals surface area contributed by atoms with Crippen LogP contribution in [-0.4, -0.2) is 75.6 Å². The fourth-order valence-electron chi connectivity index (χ4n) is 5.02. The van der Waals surface area contributed by atoms with Gasteiger partial charge in [0.25, 0.3) is 0 Å². The maximum absolute atomic E-state index is 14.2. The first-order chi connectivity index (χ1) is 16.8. The van der Waals surface area contributed by atoms with Crippen LogP contribution in [0, 0.1) is 23.1 Å². The van der Waals surface area contributed by atoms with E-state index >= 15 is 0 Å². The van der Waals surface area contributed by atoms with Gasteiger partial charge in [0, 0.05) is 44.6 Å². The van der Waals surface area contributed by atoms with E-state index in [-0.39, 0.29) is 41.5 Å². The van der Waals surface area contributed by atoms with Gasteiger partial charge in [-0.3, -0.25) is 4.79 Å². The number of carbonyl (C=O) groups is 2. The van der Waals surface area contributed by atoms with Crippen LogP contribution in [0.15, 0.2) is 30.6 Å². The summed E-state index contributed by atoms with van der Waals surface area (Å²) in [5, 5.41) is 18.6. The van der Waals surface area contributed by atoms with E-state index in [1.165, 1.54) is 23.2 Å². The SMILES string of the molecule is CCN(C(=O)O)[C@@H]1CN(C(=O)C2CCN(c3cnc(C#N)cn3)CC2)C[C@H]1c1ccc(Cl)c(F)c1. The fourth-order valence-corrected chi connectivity index (χ4v) is 5.14. The summed E-state index contributed by atoms with van der Waals surface area (Å²) in [5.41, 5.74) is 0.876. The molecule has 0 unspecified atom stereocenters. The molecule has 0 spiro atoms. The molecule has 1 N–H and O–H groups in total. The van der Waals surface area contributed by atoms with Crippen molar-refractivity contribution >= 4 is 29.4 Å². The normalized spacial score (nSPS) is 20.5. The van der Waals surface area contributed by atoms with E-state index < -0.39 is 18.0 Å². The Kier molecular flexibility index (Phi) is 7.36. The molecule has 0 bridgehead atoms. The highest BCUT2D eigenvalue weighted by Gasteiger charge is 2.43. The number of aromatic nitrogens is 2. The first-order valence-electron chi connectivity index (χ1n) is 11.5. The van der Waals surface area contributed by atoms with Gasteiger partial charge < -0.3 is 19.8 Å². The predicted octanol–water partition coefficient (Wildman–Crippen LogP) is 3.35. The minimum Gasteiger partial charge on any atom is -0.465 e. The third-order valence-electron chi connectivity index (χ3n) is 6.88. The molecule has 35 heavy (non-hydrogen) atoms. The summed E-state index contributed by atoms with van der Waals surface area (Å²) in [5.74, 6) is -0.459. The maximum atomic E-state index is 14.2. The number of rotatable bonds is 5. The van der Waals surface area contributed by atoms with Crippen molar-refractivity contribution in [2.24, 2.45) is 5.92 Å². The van der Waals surface area contributed by atoms with Crippen LogP contribution in [0.4, 0.5) is 15.0 Å². The molecule has 2 fully saturated rings. The van der Waals surface area contributed by atoms with Gasteiger partial charge in [0.2, 0.25) is 5.91 Å². The zero-order valence-electron chi connectivity index (χ0n) is 19.3. The standard InChI is InChI=1S/C24H26ClFN6O3/c1-2-32(24(34)35)21-14-31(13-18(21)16-3-4-19(25)20(26)9-16)23(33)15-5-7-30(8-6-15)22-12-28-17(10-27)11-29-22/h3-4,9,11-12,15,18,21H,2,5-8,13-14H2,1H3,(H,34,35)/t18-,21+/m0/s1. The second-order valence-electron chi connectivity index (χ2n) is 8.79. The molecule has 9 nitrogen and oxygen atoms in total. The second-order valence-corrected chi connectivity index (χ2v) is 9.20. The van der Waals surface area contributed by atoms with Gasteiger partial charge in [-0.05, 0) is 37.5 Å². The summed E-state index contributed by atoms with van der Waals surface area (Å²) in [4.78, 5) is 38.7. The van der Waals surface area contributed by atoms with Crippen LogP contribution in [0.2, 0.25) is 5.02 Å². The van der Waals surface area contributed by atoms with E-state index in [2.05, 4.69) is 9.97 Å². The number of hydrogen-bond acceptors (Lipinski definition) is 6. The Morgan fingerprint density at radius 3 is 2.57 bits per heavy atom.